The fourth-order valence-corrected chi connectivity index (χ4v) is 5.89. The topological polar surface area (TPSA) is 55.4 Å². The number of nitrogens with one attached hydrogen (secondary N) is 1. The number of fused-ring (bicyclic) bond motifs is 2. The first-order chi connectivity index (χ1) is 10.7. The summed E-state index contributed by atoms with van der Waals surface area (Å²) in [5.41, 5.74) is -0.826. The molecule has 1 amide bonds. The number of alkyl halides is 1. The zero-order valence-corrected chi connectivity index (χ0v) is 15.5. The monoisotopic (exact) mass is 379 g/mol. The number of halogens is 1. The van der Waals surface area contributed by atoms with E-state index in [0.717, 1.165) is 18.6 Å². The van der Waals surface area contributed by atoms with Crippen LogP contribution in [0.3, 0.4) is 0 Å². The molecule has 5 heteroatoms. The van der Waals surface area contributed by atoms with Crippen LogP contribution in [0.5, 0.6) is 5.75 Å². The van der Waals surface area contributed by atoms with Crippen molar-refractivity contribution < 1.29 is 14.3 Å². The molecule has 2 fully saturated rings. The molecule has 0 unspecified atom stereocenters. The number of Topliss-reactive ketones (excluding diaryl/α,β-unsaturated/α-hetero) is 1. The number of anilines is 1. The van der Waals surface area contributed by atoms with Gasteiger partial charge in [-0.2, -0.15) is 0 Å². The summed E-state index contributed by atoms with van der Waals surface area (Å²) in [6.45, 7) is 6.10. The van der Waals surface area contributed by atoms with Crippen molar-refractivity contribution in [1.82, 2.24) is 0 Å². The largest absolute Gasteiger partial charge is 0.497 e. The molecule has 2 aliphatic carbocycles. The number of hydrogen-bond acceptors (Lipinski definition) is 3. The molecule has 124 valence electrons. The summed E-state index contributed by atoms with van der Waals surface area (Å²) in [7, 11) is 1.61. The van der Waals surface area contributed by atoms with Gasteiger partial charge in [-0.3, -0.25) is 9.59 Å². The van der Waals surface area contributed by atoms with E-state index in [4.69, 9.17) is 4.74 Å². The van der Waals surface area contributed by atoms with Crippen LogP contribution in [-0.4, -0.2) is 23.6 Å². The van der Waals surface area contributed by atoms with Gasteiger partial charge in [0.2, 0.25) is 5.91 Å². The second kappa shape index (κ2) is 5.07. The van der Waals surface area contributed by atoms with E-state index in [1.807, 2.05) is 45.0 Å². The van der Waals surface area contributed by atoms with Crippen LogP contribution in [0.1, 0.15) is 33.6 Å². The van der Waals surface area contributed by atoms with Gasteiger partial charge in [0.1, 0.15) is 5.75 Å². The third-order valence-electron chi connectivity index (χ3n) is 6.47. The Kier molecular flexibility index (Phi) is 3.63. The summed E-state index contributed by atoms with van der Waals surface area (Å²) in [5.74, 6) is 0.812. The van der Waals surface area contributed by atoms with Crippen molar-refractivity contribution in [2.45, 2.75) is 38.4 Å². The highest BCUT2D eigenvalue weighted by Crippen LogP contribution is 2.72. The highest BCUT2D eigenvalue weighted by atomic mass is 79.9. The maximum Gasteiger partial charge on any atom is 0.232 e. The molecule has 2 aliphatic rings. The van der Waals surface area contributed by atoms with E-state index < -0.39 is 15.7 Å². The fourth-order valence-electron chi connectivity index (χ4n) is 4.37. The number of ether oxygens (including phenoxy) is 1. The van der Waals surface area contributed by atoms with E-state index in [-0.39, 0.29) is 17.1 Å². The van der Waals surface area contributed by atoms with E-state index in [1.54, 1.807) is 7.11 Å². The van der Waals surface area contributed by atoms with E-state index in [1.165, 1.54) is 0 Å². The van der Waals surface area contributed by atoms with E-state index in [0.29, 0.717) is 5.69 Å². The molecule has 0 saturated heterocycles. The van der Waals surface area contributed by atoms with Crippen LogP contribution in [0, 0.1) is 16.2 Å². The van der Waals surface area contributed by atoms with Crippen molar-refractivity contribution >= 4 is 33.3 Å². The van der Waals surface area contributed by atoms with Crippen molar-refractivity contribution in [1.29, 1.82) is 0 Å². The average Bonchev–Trinajstić information content (AvgIpc) is 2.80. The molecule has 0 radical (unpaired) electrons. The summed E-state index contributed by atoms with van der Waals surface area (Å²) in [4.78, 5) is 25.4. The van der Waals surface area contributed by atoms with E-state index in [2.05, 4.69) is 21.2 Å². The Bertz CT molecular complexity index is 669. The Balaban J connectivity index is 1.93. The Morgan fingerprint density at radius 3 is 2.30 bits per heavy atom. The minimum Gasteiger partial charge on any atom is -0.497 e. The molecule has 4 nitrogen and oxygen atoms in total. The molecule has 2 saturated carbocycles. The first-order valence-corrected chi connectivity index (χ1v) is 8.76. The van der Waals surface area contributed by atoms with Crippen molar-refractivity contribution in [3.05, 3.63) is 24.3 Å². The zero-order valence-electron chi connectivity index (χ0n) is 13.9. The SMILES string of the molecule is COc1ccc(NC(=O)[C@@]23CC[C@@](C)(C(=O)[C@@H]2Br)C3(C)C)cc1. The quantitative estimate of drug-likeness (QED) is 0.812. The fraction of sp³-hybridized carbons (Fsp3) is 0.556. The van der Waals surface area contributed by atoms with Gasteiger partial charge in [0, 0.05) is 11.1 Å². The second-order valence-electron chi connectivity index (χ2n) is 7.34. The molecule has 2 bridgehead atoms. The summed E-state index contributed by atoms with van der Waals surface area (Å²) in [6.07, 6.45) is 1.48. The Labute approximate surface area is 145 Å². The van der Waals surface area contributed by atoms with Gasteiger partial charge in [0.25, 0.3) is 0 Å². The Hall–Kier alpha value is -1.36. The molecule has 3 atom stereocenters. The third kappa shape index (κ3) is 1.89. The summed E-state index contributed by atoms with van der Waals surface area (Å²) >= 11 is 3.54. The average molecular weight is 380 g/mol. The molecular formula is C18H22BrNO3. The van der Waals surface area contributed by atoms with Gasteiger partial charge >= 0.3 is 0 Å². The van der Waals surface area contributed by atoms with Gasteiger partial charge in [-0.25, -0.2) is 0 Å². The Morgan fingerprint density at radius 2 is 1.83 bits per heavy atom. The number of carbonyl (C=O) groups is 2. The van der Waals surface area contributed by atoms with Gasteiger partial charge in [0.15, 0.2) is 5.78 Å². The summed E-state index contributed by atoms with van der Waals surface area (Å²) in [6, 6.07) is 7.24. The highest BCUT2D eigenvalue weighted by molar-refractivity contribution is 9.10. The molecule has 0 heterocycles. The number of amides is 1. The van der Waals surface area contributed by atoms with Gasteiger partial charge in [-0.1, -0.05) is 36.7 Å². The van der Waals surface area contributed by atoms with Crippen LogP contribution in [0.4, 0.5) is 5.69 Å². The van der Waals surface area contributed by atoms with Crippen LogP contribution >= 0.6 is 15.9 Å². The first-order valence-electron chi connectivity index (χ1n) is 7.84. The molecule has 0 aromatic heterocycles. The lowest BCUT2D eigenvalue weighted by Gasteiger charge is -2.39. The number of rotatable bonds is 3. The van der Waals surface area contributed by atoms with Crippen LogP contribution in [0.2, 0.25) is 0 Å². The van der Waals surface area contributed by atoms with Crippen LogP contribution in [-0.2, 0) is 9.59 Å². The van der Waals surface area contributed by atoms with Gasteiger partial charge in [0.05, 0.1) is 17.4 Å². The lowest BCUT2D eigenvalue weighted by molar-refractivity contribution is -0.130. The van der Waals surface area contributed by atoms with Gasteiger partial charge in [-0.05, 0) is 42.5 Å². The molecule has 23 heavy (non-hydrogen) atoms. The zero-order chi connectivity index (χ0) is 17.0. The molecule has 1 aromatic carbocycles. The minimum atomic E-state index is -0.710. The number of ketones is 1. The lowest BCUT2D eigenvalue weighted by atomic mass is 9.64. The van der Waals surface area contributed by atoms with Crippen molar-refractivity contribution in [3.63, 3.8) is 0 Å². The molecule has 0 spiro atoms. The normalized spacial score (nSPS) is 34.5. The molecule has 1 N–H and O–H groups in total. The predicted octanol–water partition coefficient (Wildman–Crippen LogP) is 3.79. The predicted molar refractivity (Wildman–Crippen MR) is 92.9 cm³/mol. The summed E-state index contributed by atoms with van der Waals surface area (Å²) < 4.78 is 5.13. The summed E-state index contributed by atoms with van der Waals surface area (Å²) in [5, 5.41) is 3.00. The van der Waals surface area contributed by atoms with Gasteiger partial charge < -0.3 is 10.1 Å². The number of hydrogen-bond donors (Lipinski definition) is 1. The van der Waals surface area contributed by atoms with E-state index >= 15 is 0 Å². The second-order valence-corrected chi connectivity index (χ2v) is 8.25. The van der Waals surface area contributed by atoms with Crippen LogP contribution < -0.4 is 10.1 Å². The van der Waals surface area contributed by atoms with Gasteiger partial charge in [-0.15, -0.1) is 0 Å². The minimum absolute atomic E-state index is 0.0795. The molecule has 1 aromatic rings. The molecule has 3 rings (SSSR count). The van der Waals surface area contributed by atoms with Crippen LogP contribution in [0.15, 0.2) is 24.3 Å². The number of carbonyl (C=O) groups excluding carboxylic acids is 2. The van der Waals surface area contributed by atoms with Crippen molar-refractivity contribution in [3.8, 4) is 5.75 Å². The smallest absolute Gasteiger partial charge is 0.232 e. The van der Waals surface area contributed by atoms with Crippen LogP contribution in [0.25, 0.3) is 0 Å². The maximum absolute atomic E-state index is 13.1. The maximum atomic E-state index is 13.1. The first kappa shape index (κ1) is 16.5. The van der Waals surface area contributed by atoms with E-state index in [9.17, 15) is 9.59 Å². The molecular weight excluding hydrogens is 358 g/mol. The standard InChI is InChI=1S/C18H22BrNO3/c1-16(2)17(3)9-10-18(16,13(19)14(17)21)15(22)20-11-5-7-12(23-4)8-6-11/h5-8,13H,9-10H2,1-4H3,(H,20,22)/t13-,17-,18+/m0/s1. The lowest BCUT2D eigenvalue weighted by Crippen LogP contribution is -2.47. The highest BCUT2D eigenvalue weighted by Gasteiger charge is 2.76. The van der Waals surface area contributed by atoms with Crippen molar-refractivity contribution in [2.24, 2.45) is 16.2 Å². The number of methoxy groups -OCH3 is 1. The third-order valence-corrected chi connectivity index (χ3v) is 7.67. The molecule has 0 aliphatic heterocycles. The van der Waals surface area contributed by atoms with Crippen molar-refractivity contribution in [2.75, 3.05) is 12.4 Å². The number of benzene rings is 1. The Morgan fingerprint density at radius 1 is 1.22 bits per heavy atom.